The molecule has 0 heterocycles. The largest absolute Gasteiger partial charge is 0.456 e. The molecule has 2 rings (SSSR count). The molecule has 0 atom stereocenters. The van der Waals surface area contributed by atoms with Crippen molar-refractivity contribution >= 4 is 27.4 Å². The summed E-state index contributed by atoms with van der Waals surface area (Å²) in [5.41, 5.74) is 3.56. The molecule has 0 aliphatic carbocycles. The third kappa shape index (κ3) is 5.92. The first kappa shape index (κ1) is 20.6. The van der Waals surface area contributed by atoms with Crippen LogP contribution in [0.1, 0.15) is 23.1 Å². The molecule has 0 aliphatic rings. The van der Waals surface area contributed by atoms with Crippen LogP contribution in [0.25, 0.3) is 0 Å². The van der Waals surface area contributed by atoms with E-state index in [1.165, 1.54) is 12.1 Å². The fourth-order valence-corrected chi connectivity index (χ4v) is 3.59. The average molecular weight is 389 g/mol. The fourth-order valence-electron chi connectivity index (χ4n) is 2.37. The van der Waals surface area contributed by atoms with Gasteiger partial charge in [0, 0.05) is 5.69 Å². The lowest BCUT2D eigenvalue weighted by Crippen LogP contribution is -2.22. The molecule has 0 radical (unpaired) electrons. The van der Waals surface area contributed by atoms with Gasteiger partial charge in [-0.1, -0.05) is 29.8 Å². The van der Waals surface area contributed by atoms with E-state index in [2.05, 4.69) is 5.32 Å². The molecule has 6 nitrogen and oxygen atoms in total. The molecule has 0 spiro atoms. The van der Waals surface area contributed by atoms with Crippen LogP contribution in [0.2, 0.25) is 0 Å². The van der Waals surface area contributed by atoms with E-state index in [1.54, 1.807) is 18.2 Å². The van der Waals surface area contributed by atoms with Crippen molar-refractivity contribution in [3.05, 3.63) is 59.2 Å². The second kappa shape index (κ2) is 8.81. The quantitative estimate of drug-likeness (QED) is 0.736. The van der Waals surface area contributed by atoms with Gasteiger partial charge in [-0.05, 0) is 50.1 Å². The van der Waals surface area contributed by atoms with Crippen molar-refractivity contribution in [3.8, 4) is 0 Å². The van der Waals surface area contributed by atoms with E-state index in [1.807, 2.05) is 32.9 Å². The van der Waals surface area contributed by atoms with Crippen molar-refractivity contribution in [2.24, 2.45) is 0 Å². The Morgan fingerprint density at radius 1 is 1.00 bits per heavy atom. The second-order valence-corrected chi connectivity index (χ2v) is 8.45. The van der Waals surface area contributed by atoms with Gasteiger partial charge in [-0.2, -0.15) is 0 Å². The summed E-state index contributed by atoms with van der Waals surface area (Å²) in [4.78, 5) is 23.9. The van der Waals surface area contributed by atoms with Gasteiger partial charge in [-0.3, -0.25) is 9.59 Å². The van der Waals surface area contributed by atoms with Gasteiger partial charge in [0.25, 0.3) is 5.91 Å². The van der Waals surface area contributed by atoms with Crippen LogP contribution in [0.3, 0.4) is 0 Å². The number of amides is 1. The summed E-state index contributed by atoms with van der Waals surface area (Å²) in [5, 5.41) is 2.68. The molecule has 1 amide bonds. The third-order valence-corrected chi connectivity index (χ3v) is 5.93. The van der Waals surface area contributed by atoms with Gasteiger partial charge in [-0.25, -0.2) is 8.42 Å². The number of carbonyl (C=O) groups is 2. The molecular weight excluding hydrogens is 366 g/mol. The highest BCUT2D eigenvalue weighted by molar-refractivity contribution is 7.91. The SMILES string of the molecule is Cc1ccc(S(=O)(=O)CCC(=O)OCC(=O)Nc2cccc(C)c2C)cc1. The van der Waals surface area contributed by atoms with Crippen molar-refractivity contribution in [2.75, 3.05) is 17.7 Å². The average Bonchev–Trinajstić information content (AvgIpc) is 2.62. The Bertz CT molecular complexity index is 933. The molecule has 2 aromatic rings. The highest BCUT2D eigenvalue weighted by Crippen LogP contribution is 2.18. The van der Waals surface area contributed by atoms with Crippen LogP contribution in [0, 0.1) is 20.8 Å². The zero-order chi connectivity index (χ0) is 20.0. The topological polar surface area (TPSA) is 89.5 Å². The number of rotatable bonds is 7. The number of nitrogens with one attached hydrogen (secondary N) is 1. The van der Waals surface area contributed by atoms with Crippen molar-refractivity contribution in [3.63, 3.8) is 0 Å². The minimum Gasteiger partial charge on any atom is -0.456 e. The number of carbonyl (C=O) groups excluding carboxylic acids is 2. The van der Waals surface area contributed by atoms with Gasteiger partial charge >= 0.3 is 5.97 Å². The van der Waals surface area contributed by atoms with Gasteiger partial charge in [0.05, 0.1) is 17.1 Å². The number of ether oxygens (including phenoxy) is 1. The number of hydrogen-bond acceptors (Lipinski definition) is 5. The summed E-state index contributed by atoms with van der Waals surface area (Å²) < 4.78 is 29.3. The Labute approximate surface area is 159 Å². The van der Waals surface area contributed by atoms with E-state index in [0.29, 0.717) is 5.69 Å². The van der Waals surface area contributed by atoms with Gasteiger partial charge in [0.2, 0.25) is 0 Å². The predicted octanol–water partition coefficient (Wildman–Crippen LogP) is 2.96. The van der Waals surface area contributed by atoms with Crippen molar-refractivity contribution in [1.29, 1.82) is 0 Å². The molecule has 27 heavy (non-hydrogen) atoms. The van der Waals surface area contributed by atoms with Crippen LogP contribution >= 0.6 is 0 Å². The van der Waals surface area contributed by atoms with E-state index >= 15 is 0 Å². The summed E-state index contributed by atoms with van der Waals surface area (Å²) in [6.45, 7) is 5.21. The maximum Gasteiger partial charge on any atom is 0.307 e. The number of sulfone groups is 1. The van der Waals surface area contributed by atoms with E-state index in [4.69, 9.17) is 4.74 Å². The monoisotopic (exact) mass is 389 g/mol. The van der Waals surface area contributed by atoms with Crippen LogP contribution in [0.4, 0.5) is 5.69 Å². The zero-order valence-corrected chi connectivity index (χ0v) is 16.4. The highest BCUT2D eigenvalue weighted by atomic mass is 32.2. The molecule has 0 aromatic heterocycles. The minimum absolute atomic E-state index is 0.161. The molecule has 0 fully saturated rings. The molecule has 7 heteroatoms. The van der Waals surface area contributed by atoms with E-state index in [0.717, 1.165) is 16.7 Å². The van der Waals surface area contributed by atoms with Crippen LogP contribution in [0.5, 0.6) is 0 Å². The lowest BCUT2D eigenvalue weighted by Gasteiger charge is -2.10. The van der Waals surface area contributed by atoms with Gasteiger partial charge in [0.1, 0.15) is 0 Å². The molecule has 144 valence electrons. The van der Waals surface area contributed by atoms with Crippen LogP contribution in [-0.2, 0) is 24.2 Å². The predicted molar refractivity (Wildman–Crippen MR) is 103 cm³/mol. The molecular formula is C20H23NO5S. The summed E-state index contributed by atoms with van der Waals surface area (Å²) in [6.07, 6.45) is -0.313. The van der Waals surface area contributed by atoms with Crippen LogP contribution in [-0.4, -0.2) is 32.7 Å². The Balaban J connectivity index is 1.82. The first-order valence-corrected chi connectivity index (χ1v) is 10.2. The Morgan fingerprint density at radius 2 is 1.67 bits per heavy atom. The molecule has 0 bridgehead atoms. The maximum absolute atomic E-state index is 12.2. The molecule has 2 aromatic carbocycles. The van der Waals surface area contributed by atoms with E-state index < -0.39 is 28.3 Å². The van der Waals surface area contributed by atoms with E-state index in [-0.39, 0.29) is 17.1 Å². The fraction of sp³-hybridized carbons (Fsp3) is 0.300. The van der Waals surface area contributed by atoms with Crippen LogP contribution in [0.15, 0.2) is 47.4 Å². The Kier molecular flexibility index (Phi) is 6.74. The lowest BCUT2D eigenvalue weighted by atomic mass is 10.1. The smallest absolute Gasteiger partial charge is 0.307 e. The normalized spacial score (nSPS) is 11.1. The summed E-state index contributed by atoms with van der Waals surface area (Å²) in [5.74, 6) is -1.58. The first-order valence-electron chi connectivity index (χ1n) is 8.50. The van der Waals surface area contributed by atoms with Gasteiger partial charge in [0.15, 0.2) is 16.4 Å². The maximum atomic E-state index is 12.2. The number of anilines is 1. The summed E-state index contributed by atoms with van der Waals surface area (Å²) >= 11 is 0. The highest BCUT2D eigenvalue weighted by Gasteiger charge is 2.17. The van der Waals surface area contributed by atoms with Gasteiger partial charge in [-0.15, -0.1) is 0 Å². The van der Waals surface area contributed by atoms with Crippen LogP contribution < -0.4 is 5.32 Å². The molecule has 0 unspecified atom stereocenters. The molecule has 0 saturated heterocycles. The number of aryl methyl sites for hydroxylation is 2. The second-order valence-electron chi connectivity index (χ2n) is 6.34. The first-order chi connectivity index (χ1) is 12.7. The standard InChI is InChI=1S/C20H23NO5S/c1-14-7-9-17(10-8-14)27(24,25)12-11-20(23)26-13-19(22)21-18-6-4-5-15(2)16(18)3/h4-10H,11-13H2,1-3H3,(H,21,22). The van der Waals surface area contributed by atoms with Gasteiger partial charge < -0.3 is 10.1 Å². The van der Waals surface area contributed by atoms with Crippen molar-refractivity contribution < 1.29 is 22.7 Å². The van der Waals surface area contributed by atoms with Crippen molar-refractivity contribution in [2.45, 2.75) is 32.1 Å². The minimum atomic E-state index is -3.57. The summed E-state index contributed by atoms with van der Waals surface area (Å²) in [6, 6.07) is 11.9. The van der Waals surface area contributed by atoms with Crippen molar-refractivity contribution in [1.82, 2.24) is 0 Å². The molecule has 0 aliphatic heterocycles. The third-order valence-electron chi connectivity index (χ3n) is 4.20. The summed E-state index contributed by atoms with van der Waals surface area (Å²) in [7, 11) is -3.57. The number of benzene rings is 2. The number of esters is 1. The van der Waals surface area contributed by atoms with E-state index in [9.17, 15) is 18.0 Å². The molecule has 0 saturated carbocycles. The zero-order valence-electron chi connectivity index (χ0n) is 15.6. The molecule has 1 N–H and O–H groups in total. The Morgan fingerprint density at radius 3 is 2.33 bits per heavy atom. The lowest BCUT2D eigenvalue weighted by molar-refractivity contribution is -0.146. The number of hydrogen-bond donors (Lipinski definition) is 1. The Hall–Kier alpha value is -2.67.